The first-order valence-corrected chi connectivity index (χ1v) is 10.7. The SMILES string of the molecule is Cc1cc(=O)c(C(=O)Nc2cccc(CN3CCOCC3)c2)nn1-c1ccccc1C(F)(F)F. The first-order valence-electron chi connectivity index (χ1n) is 10.7. The van der Waals surface area contributed by atoms with Crippen LogP contribution < -0.4 is 10.7 Å². The van der Waals surface area contributed by atoms with Crippen LogP contribution in [-0.2, 0) is 17.5 Å². The number of ether oxygens (including phenoxy) is 1. The predicted molar refractivity (Wildman–Crippen MR) is 120 cm³/mol. The minimum atomic E-state index is -4.63. The van der Waals surface area contributed by atoms with Crippen LogP contribution in [0.5, 0.6) is 0 Å². The number of rotatable bonds is 5. The van der Waals surface area contributed by atoms with Gasteiger partial charge in [0.25, 0.3) is 5.91 Å². The lowest BCUT2D eigenvalue weighted by molar-refractivity contribution is -0.137. The van der Waals surface area contributed by atoms with Crippen LogP contribution in [0.3, 0.4) is 0 Å². The highest BCUT2D eigenvalue weighted by Gasteiger charge is 2.34. The van der Waals surface area contributed by atoms with Crippen LogP contribution >= 0.6 is 0 Å². The summed E-state index contributed by atoms with van der Waals surface area (Å²) < 4.78 is 46.8. The number of aryl methyl sites for hydroxylation is 1. The number of nitrogens with zero attached hydrogens (tertiary/aromatic N) is 3. The quantitative estimate of drug-likeness (QED) is 0.614. The molecule has 2 heterocycles. The van der Waals surface area contributed by atoms with Gasteiger partial charge in [0.2, 0.25) is 5.43 Å². The molecule has 3 aromatic rings. The van der Waals surface area contributed by atoms with Crippen LogP contribution in [0.25, 0.3) is 5.69 Å². The van der Waals surface area contributed by atoms with E-state index < -0.39 is 28.8 Å². The lowest BCUT2D eigenvalue weighted by Crippen LogP contribution is -2.35. The molecule has 1 amide bonds. The van der Waals surface area contributed by atoms with Crippen LogP contribution in [0, 0.1) is 6.92 Å². The summed E-state index contributed by atoms with van der Waals surface area (Å²) in [5.74, 6) is -0.799. The second-order valence-corrected chi connectivity index (χ2v) is 7.97. The summed E-state index contributed by atoms with van der Waals surface area (Å²) in [4.78, 5) is 27.6. The Labute approximate surface area is 193 Å². The summed E-state index contributed by atoms with van der Waals surface area (Å²) in [6, 6.07) is 13.1. The summed E-state index contributed by atoms with van der Waals surface area (Å²) in [6.07, 6.45) is -4.63. The lowest BCUT2D eigenvalue weighted by atomic mass is 10.1. The van der Waals surface area contributed by atoms with Crippen LogP contribution in [0.4, 0.5) is 18.9 Å². The largest absolute Gasteiger partial charge is 0.418 e. The number of amides is 1. The molecule has 0 unspecified atom stereocenters. The molecular formula is C24H23F3N4O3. The third-order valence-electron chi connectivity index (χ3n) is 5.45. The van der Waals surface area contributed by atoms with Crippen molar-refractivity contribution in [1.29, 1.82) is 0 Å². The van der Waals surface area contributed by atoms with Crippen molar-refractivity contribution >= 4 is 11.6 Å². The monoisotopic (exact) mass is 472 g/mol. The fraction of sp³-hybridized carbons (Fsp3) is 0.292. The van der Waals surface area contributed by atoms with Gasteiger partial charge >= 0.3 is 6.18 Å². The number of benzene rings is 2. The molecule has 7 nitrogen and oxygen atoms in total. The van der Waals surface area contributed by atoms with Gasteiger partial charge in [0, 0.05) is 37.1 Å². The van der Waals surface area contributed by atoms with Gasteiger partial charge in [-0.15, -0.1) is 0 Å². The Morgan fingerprint density at radius 1 is 1.09 bits per heavy atom. The maximum Gasteiger partial charge on any atom is 0.418 e. The normalized spacial score (nSPS) is 14.7. The van der Waals surface area contributed by atoms with Crippen molar-refractivity contribution in [3.8, 4) is 5.69 Å². The molecule has 0 saturated carbocycles. The summed E-state index contributed by atoms with van der Waals surface area (Å²) in [5.41, 5.74) is -0.773. The van der Waals surface area contributed by atoms with E-state index in [0.29, 0.717) is 25.4 Å². The predicted octanol–water partition coefficient (Wildman–Crippen LogP) is 3.64. The molecule has 0 bridgehead atoms. The Morgan fingerprint density at radius 3 is 2.56 bits per heavy atom. The van der Waals surface area contributed by atoms with Crippen molar-refractivity contribution in [2.24, 2.45) is 0 Å². The van der Waals surface area contributed by atoms with Gasteiger partial charge in [0.1, 0.15) is 0 Å². The highest BCUT2D eigenvalue weighted by molar-refractivity contribution is 6.02. The molecule has 178 valence electrons. The smallest absolute Gasteiger partial charge is 0.379 e. The molecule has 4 rings (SSSR count). The van der Waals surface area contributed by atoms with Gasteiger partial charge in [0.15, 0.2) is 5.69 Å². The zero-order valence-corrected chi connectivity index (χ0v) is 18.4. The van der Waals surface area contributed by atoms with Crippen LogP contribution in [0.1, 0.15) is 27.3 Å². The van der Waals surface area contributed by atoms with Crippen molar-refractivity contribution < 1.29 is 22.7 Å². The summed E-state index contributed by atoms with van der Waals surface area (Å²) >= 11 is 0. The molecule has 0 radical (unpaired) electrons. The van der Waals surface area contributed by atoms with Crippen molar-refractivity contribution in [3.05, 3.63) is 87.3 Å². The molecule has 0 atom stereocenters. The van der Waals surface area contributed by atoms with E-state index in [4.69, 9.17) is 4.74 Å². The summed E-state index contributed by atoms with van der Waals surface area (Å²) in [5, 5.41) is 6.64. The number of aromatic nitrogens is 2. The number of anilines is 1. The Balaban J connectivity index is 1.61. The molecule has 1 fully saturated rings. The number of carbonyl (C=O) groups excluding carboxylic acids is 1. The average molecular weight is 472 g/mol. The second kappa shape index (κ2) is 9.78. The first kappa shape index (κ1) is 23.7. The Morgan fingerprint density at radius 2 is 1.82 bits per heavy atom. The average Bonchev–Trinajstić information content (AvgIpc) is 2.79. The second-order valence-electron chi connectivity index (χ2n) is 7.97. The summed E-state index contributed by atoms with van der Waals surface area (Å²) in [6.45, 7) is 5.08. The minimum Gasteiger partial charge on any atom is -0.379 e. The third-order valence-corrected chi connectivity index (χ3v) is 5.45. The molecule has 34 heavy (non-hydrogen) atoms. The minimum absolute atomic E-state index is 0.172. The number of nitrogens with one attached hydrogen (secondary N) is 1. The molecule has 1 aromatic heterocycles. The highest BCUT2D eigenvalue weighted by Crippen LogP contribution is 2.33. The van der Waals surface area contributed by atoms with E-state index in [1.165, 1.54) is 25.1 Å². The van der Waals surface area contributed by atoms with Crippen molar-refractivity contribution in [1.82, 2.24) is 14.7 Å². The van der Waals surface area contributed by atoms with Gasteiger partial charge in [-0.1, -0.05) is 24.3 Å². The molecule has 0 spiro atoms. The zero-order chi connectivity index (χ0) is 24.3. The zero-order valence-electron chi connectivity index (χ0n) is 18.4. The standard InChI is InChI=1S/C24H23F3N4O3/c1-16-13-21(32)22(29-31(16)20-8-3-2-7-19(20)24(25,26)27)23(33)28-18-6-4-5-17(14-18)15-30-9-11-34-12-10-30/h2-8,13-14H,9-12,15H2,1H3,(H,28,33). The molecule has 1 aliphatic heterocycles. The molecular weight excluding hydrogens is 449 g/mol. The number of hydrogen-bond donors (Lipinski definition) is 1. The number of alkyl halides is 3. The lowest BCUT2D eigenvalue weighted by Gasteiger charge is -2.26. The van der Waals surface area contributed by atoms with E-state index in [9.17, 15) is 22.8 Å². The number of para-hydroxylation sites is 1. The molecule has 1 saturated heterocycles. The first-order chi connectivity index (χ1) is 16.2. The van der Waals surface area contributed by atoms with Gasteiger partial charge in [-0.25, -0.2) is 4.68 Å². The fourth-order valence-electron chi connectivity index (χ4n) is 3.80. The van der Waals surface area contributed by atoms with E-state index in [2.05, 4.69) is 15.3 Å². The maximum absolute atomic E-state index is 13.5. The van der Waals surface area contributed by atoms with Crippen LogP contribution in [-0.4, -0.2) is 46.9 Å². The van der Waals surface area contributed by atoms with Crippen molar-refractivity contribution in [3.63, 3.8) is 0 Å². The van der Waals surface area contributed by atoms with Gasteiger partial charge in [-0.05, 0) is 36.8 Å². The van der Waals surface area contributed by atoms with E-state index in [-0.39, 0.29) is 11.4 Å². The number of hydrogen-bond acceptors (Lipinski definition) is 5. The van der Waals surface area contributed by atoms with E-state index >= 15 is 0 Å². The topological polar surface area (TPSA) is 76.5 Å². The number of morpholine rings is 1. The summed E-state index contributed by atoms with van der Waals surface area (Å²) in [7, 11) is 0. The van der Waals surface area contributed by atoms with Gasteiger partial charge < -0.3 is 10.1 Å². The highest BCUT2D eigenvalue weighted by atomic mass is 19.4. The number of halogens is 3. The van der Waals surface area contributed by atoms with E-state index in [0.717, 1.165) is 35.5 Å². The molecule has 2 aromatic carbocycles. The van der Waals surface area contributed by atoms with Gasteiger partial charge in [0.05, 0.1) is 24.5 Å². The van der Waals surface area contributed by atoms with Gasteiger partial charge in [-0.2, -0.15) is 18.3 Å². The number of carbonyl (C=O) groups is 1. The maximum atomic E-state index is 13.5. The van der Waals surface area contributed by atoms with E-state index in [1.807, 2.05) is 6.07 Å². The molecule has 1 aliphatic rings. The Bertz CT molecular complexity index is 1250. The molecule has 1 N–H and O–H groups in total. The van der Waals surface area contributed by atoms with Crippen molar-refractivity contribution in [2.45, 2.75) is 19.6 Å². The Hall–Kier alpha value is -3.50. The fourth-order valence-corrected chi connectivity index (χ4v) is 3.80. The molecule has 10 heteroatoms. The van der Waals surface area contributed by atoms with E-state index in [1.54, 1.807) is 18.2 Å². The third kappa shape index (κ3) is 5.35. The molecule has 0 aliphatic carbocycles. The van der Waals surface area contributed by atoms with Crippen molar-refractivity contribution in [2.75, 3.05) is 31.6 Å². The Kier molecular flexibility index (Phi) is 6.80. The van der Waals surface area contributed by atoms with Crippen LogP contribution in [0.15, 0.2) is 59.4 Å². The van der Waals surface area contributed by atoms with Crippen LogP contribution in [0.2, 0.25) is 0 Å². The van der Waals surface area contributed by atoms with Gasteiger partial charge in [-0.3, -0.25) is 14.5 Å².